The number of ether oxygens (including phenoxy) is 1. The van der Waals surface area contributed by atoms with E-state index in [1.54, 1.807) is 19.1 Å². The Balaban J connectivity index is 1.95. The summed E-state index contributed by atoms with van der Waals surface area (Å²) in [4.78, 5) is 23.9. The van der Waals surface area contributed by atoms with Gasteiger partial charge in [-0.15, -0.1) is 0 Å². The molecule has 0 aliphatic carbocycles. The van der Waals surface area contributed by atoms with Crippen molar-refractivity contribution in [1.29, 1.82) is 0 Å². The van der Waals surface area contributed by atoms with E-state index in [2.05, 4.69) is 5.32 Å². The number of carbonyl (C=O) groups excluding carboxylic acids is 2. The molecular weight excluding hydrogens is 270 g/mol. The molecule has 0 saturated carbocycles. The van der Waals surface area contributed by atoms with E-state index >= 15 is 0 Å². The van der Waals surface area contributed by atoms with Crippen LogP contribution in [0.15, 0.2) is 41.0 Å². The van der Waals surface area contributed by atoms with Crippen LogP contribution in [0.2, 0.25) is 0 Å². The van der Waals surface area contributed by atoms with Gasteiger partial charge in [-0.05, 0) is 39.0 Å². The number of nitrogens with one attached hydrogen (secondary N) is 1. The summed E-state index contributed by atoms with van der Waals surface area (Å²) in [7, 11) is 0. The van der Waals surface area contributed by atoms with E-state index in [1.807, 2.05) is 19.1 Å². The summed E-state index contributed by atoms with van der Waals surface area (Å²) in [5.41, 5.74) is 2.08. The lowest BCUT2D eigenvalue weighted by Gasteiger charge is -2.13. The van der Waals surface area contributed by atoms with Crippen molar-refractivity contribution >= 4 is 17.6 Å². The van der Waals surface area contributed by atoms with Crippen molar-refractivity contribution in [2.75, 3.05) is 5.32 Å². The van der Waals surface area contributed by atoms with Crippen LogP contribution in [0, 0.1) is 13.8 Å². The number of benzene rings is 1. The van der Waals surface area contributed by atoms with Crippen molar-refractivity contribution in [2.24, 2.45) is 0 Å². The van der Waals surface area contributed by atoms with Crippen LogP contribution < -0.4 is 5.32 Å². The first-order valence-corrected chi connectivity index (χ1v) is 6.60. The number of esters is 1. The van der Waals surface area contributed by atoms with Gasteiger partial charge in [-0.2, -0.15) is 0 Å². The smallest absolute Gasteiger partial charge is 0.342 e. The van der Waals surface area contributed by atoms with Gasteiger partial charge in [0.25, 0.3) is 5.91 Å². The summed E-state index contributed by atoms with van der Waals surface area (Å²) in [6.45, 7) is 5.15. The number of carbonyl (C=O) groups is 2. The van der Waals surface area contributed by atoms with E-state index in [0.29, 0.717) is 17.0 Å². The average Bonchev–Trinajstić information content (AvgIpc) is 2.87. The van der Waals surface area contributed by atoms with Gasteiger partial charge in [0, 0.05) is 5.69 Å². The summed E-state index contributed by atoms with van der Waals surface area (Å²) in [6.07, 6.45) is 0.510. The Kier molecular flexibility index (Phi) is 4.42. The normalized spacial score (nSPS) is 11.8. The highest BCUT2D eigenvalue weighted by Crippen LogP contribution is 2.13. The predicted octanol–water partition coefficient (Wildman–Crippen LogP) is 3.08. The summed E-state index contributed by atoms with van der Waals surface area (Å²) < 4.78 is 10.2. The molecule has 1 heterocycles. The van der Waals surface area contributed by atoms with Gasteiger partial charge in [0.1, 0.15) is 11.3 Å². The maximum atomic E-state index is 12.0. The van der Waals surface area contributed by atoms with Crippen molar-refractivity contribution in [3.63, 3.8) is 0 Å². The number of anilines is 1. The van der Waals surface area contributed by atoms with Gasteiger partial charge in [-0.1, -0.05) is 17.7 Å². The number of hydrogen-bond donors (Lipinski definition) is 1. The van der Waals surface area contributed by atoms with Gasteiger partial charge < -0.3 is 14.5 Å². The first-order chi connectivity index (χ1) is 9.97. The molecule has 110 valence electrons. The molecule has 0 radical (unpaired) electrons. The van der Waals surface area contributed by atoms with E-state index in [0.717, 1.165) is 5.56 Å². The first-order valence-electron chi connectivity index (χ1n) is 6.60. The highest BCUT2D eigenvalue weighted by molar-refractivity contribution is 5.97. The highest BCUT2D eigenvalue weighted by Gasteiger charge is 2.21. The summed E-state index contributed by atoms with van der Waals surface area (Å²) in [6, 6.07) is 8.88. The molecule has 0 aliphatic heterocycles. The third kappa shape index (κ3) is 3.72. The molecule has 5 heteroatoms. The Bertz CT molecular complexity index is 643. The molecule has 0 bridgehead atoms. The zero-order chi connectivity index (χ0) is 15.4. The van der Waals surface area contributed by atoms with Gasteiger partial charge in [-0.25, -0.2) is 4.79 Å². The number of amides is 1. The molecule has 0 spiro atoms. The highest BCUT2D eigenvalue weighted by atomic mass is 16.5. The van der Waals surface area contributed by atoms with Gasteiger partial charge >= 0.3 is 5.97 Å². The Morgan fingerprint density at radius 2 is 1.81 bits per heavy atom. The number of rotatable bonds is 4. The zero-order valence-electron chi connectivity index (χ0n) is 12.2. The summed E-state index contributed by atoms with van der Waals surface area (Å²) in [5.74, 6) is -0.493. The van der Waals surface area contributed by atoms with Crippen LogP contribution in [-0.2, 0) is 9.53 Å². The fourth-order valence-electron chi connectivity index (χ4n) is 1.76. The van der Waals surface area contributed by atoms with Crippen LogP contribution in [0.5, 0.6) is 0 Å². The molecule has 0 saturated heterocycles. The molecule has 1 amide bonds. The largest absolute Gasteiger partial charge is 0.469 e. The van der Waals surface area contributed by atoms with Crippen LogP contribution in [0.3, 0.4) is 0 Å². The molecule has 1 atom stereocenters. The van der Waals surface area contributed by atoms with Crippen molar-refractivity contribution < 1.29 is 18.7 Å². The lowest BCUT2D eigenvalue weighted by Crippen LogP contribution is -2.30. The molecular formula is C16H17NO4. The van der Waals surface area contributed by atoms with Crippen molar-refractivity contribution in [1.82, 2.24) is 0 Å². The number of furan rings is 1. The lowest BCUT2D eigenvalue weighted by atomic mass is 10.2. The molecule has 1 aromatic heterocycles. The molecule has 5 nitrogen and oxygen atoms in total. The quantitative estimate of drug-likeness (QED) is 0.877. The van der Waals surface area contributed by atoms with Crippen LogP contribution in [0.25, 0.3) is 0 Å². The second-order valence-electron chi connectivity index (χ2n) is 4.79. The van der Waals surface area contributed by atoms with Crippen molar-refractivity contribution in [3.05, 3.63) is 53.5 Å². The van der Waals surface area contributed by atoms with Gasteiger partial charge in [0.05, 0.1) is 6.26 Å². The van der Waals surface area contributed by atoms with E-state index < -0.39 is 12.1 Å². The standard InChI is InChI=1S/C16H17NO4/c1-10-4-6-13(7-5-10)17-15(18)12(3)21-16(19)14-8-9-20-11(14)2/h4-9,12H,1-3H3,(H,17,18)/t12-/m1/s1. The van der Waals surface area contributed by atoms with Crippen molar-refractivity contribution in [2.45, 2.75) is 26.9 Å². The summed E-state index contributed by atoms with van der Waals surface area (Å²) >= 11 is 0. The van der Waals surface area contributed by atoms with Gasteiger partial charge in [-0.3, -0.25) is 4.79 Å². The Morgan fingerprint density at radius 3 is 2.38 bits per heavy atom. The minimum Gasteiger partial charge on any atom is -0.469 e. The van der Waals surface area contributed by atoms with E-state index in [-0.39, 0.29) is 5.91 Å². The van der Waals surface area contributed by atoms with Crippen LogP contribution in [-0.4, -0.2) is 18.0 Å². The molecule has 0 aliphatic rings. The summed E-state index contributed by atoms with van der Waals surface area (Å²) in [5, 5.41) is 2.69. The maximum Gasteiger partial charge on any atom is 0.342 e. The zero-order valence-corrected chi connectivity index (χ0v) is 12.2. The minimum absolute atomic E-state index is 0.324. The Labute approximate surface area is 122 Å². The Hall–Kier alpha value is -2.56. The second-order valence-corrected chi connectivity index (χ2v) is 4.79. The first kappa shape index (κ1) is 14.8. The van der Waals surface area contributed by atoms with Gasteiger partial charge in [0.2, 0.25) is 0 Å². The maximum absolute atomic E-state index is 12.0. The molecule has 1 N–H and O–H groups in total. The molecule has 2 rings (SSSR count). The van der Waals surface area contributed by atoms with Crippen LogP contribution in [0.4, 0.5) is 5.69 Å². The molecule has 1 aromatic carbocycles. The topological polar surface area (TPSA) is 68.5 Å². The third-order valence-electron chi connectivity index (χ3n) is 3.05. The molecule has 0 unspecified atom stereocenters. The van der Waals surface area contributed by atoms with Gasteiger partial charge in [0.15, 0.2) is 6.10 Å². The van der Waals surface area contributed by atoms with E-state index in [4.69, 9.17) is 9.15 Å². The number of aryl methyl sites for hydroxylation is 2. The predicted molar refractivity (Wildman–Crippen MR) is 78.1 cm³/mol. The Morgan fingerprint density at radius 1 is 1.14 bits per heavy atom. The molecule has 2 aromatic rings. The lowest BCUT2D eigenvalue weighted by molar-refractivity contribution is -0.123. The fraction of sp³-hybridized carbons (Fsp3) is 0.250. The van der Waals surface area contributed by atoms with E-state index in [1.165, 1.54) is 19.3 Å². The average molecular weight is 287 g/mol. The van der Waals surface area contributed by atoms with Crippen LogP contribution >= 0.6 is 0 Å². The SMILES string of the molecule is Cc1ccc(NC(=O)[C@@H](C)OC(=O)c2ccoc2C)cc1. The second kappa shape index (κ2) is 6.26. The van der Waals surface area contributed by atoms with Crippen molar-refractivity contribution in [3.8, 4) is 0 Å². The van der Waals surface area contributed by atoms with Crippen LogP contribution in [0.1, 0.15) is 28.6 Å². The monoisotopic (exact) mass is 287 g/mol. The third-order valence-corrected chi connectivity index (χ3v) is 3.05. The molecule has 21 heavy (non-hydrogen) atoms. The number of hydrogen-bond acceptors (Lipinski definition) is 4. The van der Waals surface area contributed by atoms with E-state index in [9.17, 15) is 9.59 Å². The minimum atomic E-state index is -0.895. The fourth-order valence-corrected chi connectivity index (χ4v) is 1.76. The molecule has 0 fully saturated rings.